The Hall–Kier alpha value is -2.40. The Balaban J connectivity index is 1.38. The average Bonchev–Trinajstić information content (AvgIpc) is 3.29. The monoisotopic (exact) mass is 573 g/mol. The van der Waals surface area contributed by atoms with E-state index in [4.69, 9.17) is 4.74 Å². The van der Waals surface area contributed by atoms with Gasteiger partial charge in [-0.15, -0.1) is 0 Å². The van der Waals surface area contributed by atoms with Crippen molar-refractivity contribution in [2.24, 2.45) is 0 Å². The summed E-state index contributed by atoms with van der Waals surface area (Å²) < 4.78 is 8.60. The molecule has 34 heavy (non-hydrogen) atoms. The molecular weight excluding hydrogens is 550 g/mol. The van der Waals surface area contributed by atoms with Crippen LogP contribution >= 0.6 is 31.9 Å². The minimum absolute atomic E-state index is 0.123. The lowest BCUT2D eigenvalue weighted by Gasteiger charge is -2.26. The number of hydrogen-bond acceptors (Lipinski definition) is 2. The molecule has 2 nitrogen and oxygen atoms in total. The molecule has 0 spiro atoms. The van der Waals surface area contributed by atoms with Crippen molar-refractivity contribution in [3.8, 4) is 11.1 Å². The van der Waals surface area contributed by atoms with E-state index in [9.17, 15) is 0 Å². The highest BCUT2D eigenvalue weighted by Gasteiger charge is 2.54. The first-order valence-electron chi connectivity index (χ1n) is 11.6. The number of hydrogen-bond donors (Lipinski definition) is 0. The second kappa shape index (κ2) is 8.08. The van der Waals surface area contributed by atoms with Crippen LogP contribution in [-0.4, -0.2) is 0 Å². The summed E-state index contributed by atoms with van der Waals surface area (Å²) in [7, 11) is 0. The molecule has 2 aliphatic rings. The number of rotatable bonds is 4. The van der Waals surface area contributed by atoms with Gasteiger partial charge < -0.3 is 9.64 Å². The third kappa shape index (κ3) is 3.64. The van der Waals surface area contributed by atoms with Crippen LogP contribution in [0.3, 0.4) is 0 Å². The van der Waals surface area contributed by atoms with Crippen LogP contribution in [0.15, 0.2) is 99.9 Å². The molecule has 0 aromatic heterocycles. The Morgan fingerprint density at radius 1 is 0.588 bits per heavy atom. The molecule has 1 fully saturated rings. The van der Waals surface area contributed by atoms with Crippen LogP contribution in [0.5, 0.6) is 0 Å². The molecule has 0 radical (unpaired) electrons. The van der Waals surface area contributed by atoms with Crippen molar-refractivity contribution in [2.75, 3.05) is 4.90 Å². The fourth-order valence-corrected chi connectivity index (χ4v) is 6.04. The number of ether oxygens (including phenoxy) is 1. The summed E-state index contributed by atoms with van der Waals surface area (Å²) in [6.45, 7) is 4.47. The van der Waals surface area contributed by atoms with E-state index in [0.29, 0.717) is 0 Å². The lowest BCUT2D eigenvalue weighted by Crippen LogP contribution is -2.17. The SMILES string of the molecule is CC12CCC(C)(O1)c1cc(-c3ccc(N(c4ccc(Br)cc4)c4ccc(Br)cc4)cc3)ccc12. The van der Waals surface area contributed by atoms with Crippen molar-refractivity contribution in [1.29, 1.82) is 0 Å². The Bertz CT molecular complexity index is 1320. The van der Waals surface area contributed by atoms with Crippen molar-refractivity contribution in [2.45, 2.75) is 37.9 Å². The molecule has 4 heteroatoms. The average molecular weight is 575 g/mol. The third-order valence-corrected chi connectivity index (χ3v) is 8.37. The van der Waals surface area contributed by atoms with E-state index >= 15 is 0 Å². The number of halogens is 2. The highest BCUT2D eigenvalue weighted by atomic mass is 79.9. The van der Waals surface area contributed by atoms with Crippen LogP contribution in [0.25, 0.3) is 11.1 Å². The largest absolute Gasteiger partial charge is 0.360 e. The molecule has 170 valence electrons. The Morgan fingerprint density at radius 3 is 1.56 bits per heavy atom. The molecule has 2 bridgehead atoms. The van der Waals surface area contributed by atoms with Crippen molar-refractivity contribution < 1.29 is 4.74 Å². The van der Waals surface area contributed by atoms with Crippen LogP contribution in [0, 0.1) is 0 Å². The molecule has 4 aromatic carbocycles. The molecule has 2 aliphatic heterocycles. The molecule has 4 aromatic rings. The quantitative estimate of drug-likeness (QED) is 0.240. The first-order valence-corrected chi connectivity index (χ1v) is 13.2. The third-order valence-electron chi connectivity index (χ3n) is 7.32. The molecular formula is C30H25Br2NO. The first kappa shape index (κ1) is 22.1. The molecule has 2 atom stereocenters. The molecule has 2 unspecified atom stereocenters. The van der Waals surface area contributed by atoms with Gasteiger partial charge in [-0.1, -0.05) is 56.1 Å². The molecule has 2 heterocycles. The van der Waals surface area contributed by atoms with Gasteiger partial charge in [-0.05, 0) is 116 Å². The summed E-state index contributed by atoms with van der Waals surface area (Å²) in [6.07, 6.45) is 2.20. The number of benzene rings is 4. The van der Waals surface area contributed by atoms with E-state index in [1.54, 1.807) is 0 Å². The maximum atomic E-state index is 6.46. The highest BCUT2D eigenvalue weighted by Crippen LogP contribution is 2.58. The van der Waals surface area contributed by atoms with Crippen molar-refractivity contribution >= 4 is 48.9 Å². The zero-order valence-electron chi connectivity index (χ0n) is 19.2. The van der Waals surface area contributed by atoms with Gasteiger partial charge in [-0.25, -0.2) is 0 Å². The van der Waals surface area contributed by atoms with Gasteiger partial charge in [-0.3, -0.25) is 0 Å². The standard InChI is InChI=1S/C30H25Br2NO/c1-29-17-18-30(2,34-29)28-19-21(5-16-27(28)29)20-3-10-24(11-4-20)33(25-12-6-22(31)7-13-25)26-14-8-23(32)9-15-26/h3-16,19H,17-18H2,1-2H3. The van der Waals surface area contributed by atoms with Crippen LogP contribution in [0.1, 0.15) is 37.8 Å². The highest BCUT2D eigenvalue weighted by molar-refractivity contribution is 9.10. The minimum Gasteiger partial charge on any atom is -0.360 e. The minimum atomic E-state index is -0.153. The zero-order valence-corrected chi connectivity index (χ0v) is 22.4. The van der Waals surface area contributed by atoms with E-state index in [-0.39, 0.29) is 11.2 Å². The van der Waals surface area contributed by atoms with Crippen LogP contribution in [0.2, 0.25) is 0 Å². The summed E-state index contributed by atoms with van der Waals surface area (Å²) in [5, 5.41) is 0. The Kier molecular flexibility index (Phi) is 5.25. The lowest BCUT2D eigenvalue weighted by atomic mass is 9.77. The van der Waals surface area contributed by atoms with E-state index in [2.05, 4.69) is 142 Å². The number of nitrogens with zero attached hydrogens (tertiary/aromatic N) is 1. The number of anilines is 3. The van der Waals surface area contributed by atoms with Gasteiger partial charge in [0.1, 0.15) is 0 Å². The summed E-state index contributed by atoms with van der Waals surface area (Å²) in [6, 6.07) is 32.6. The second-order valence-electron chi connectivity index (χ2n) is 9.66. The van der Waals surface area contributed by atoms with Gasteiger partial charge in [0, 0.05) is 26.0 Å². The topological polar surface area (TPSA) is 12.5 Å². The first-order chi connectivity index (χ1) is 16.3. The Morgan fingerprint density at radius 2 is 1.03 bits per heavy atom. The fourth-order valence-electron chi connectivity index (χ4n) is 5.51. The molecule has 0 aliphatic carbocycles. The van der Waals surface area contributed by atoms with Crippen molar-refractivity contribution in [1.82, 2.24) is 0 Å². The van der Waals surface area contributed by atoms with Gasteiger partial charge in [-0.2, -0.15) is 0 Å². The van der Waals surface area contributed by atoms with Crippen LogP contribution in [-0.2, 0) is 15.9 Å². The maximum absolute atomic E-state index is 6.46. The summed E-state index contributed by atoms with van der Waals surface area (Å²) in [5.74, 6) is 0. The summed E-state index contributed by atoms with van der Waals surface area (Å²) in [4.78, 5) is 2.28. The van der Waals surface area contributed by atoms with Crippen LogP contribution in [0.4, 0.5) is 17.1 Å². The van der Waals surface area contributed by atoms with Gasteiger partial charge in [0.15, 0.2) is 0 Å². The fraction of sp³-hybridized carbons (Fsp3) is 0.200. The van der Waals surface area contributed by atoms with Gasteiger partial charge in [0.2, 0.25) is 0 Å². The smallest absolute Gasteiger partial charge is 0.0920 e. The van der Waals surface area contributed by atoms with E-state index in [0.717, 1.165) is 38.8 Å². The maximum Gasteiger partial charge on any atom is 0.0920 e. The van der Waals surface area contributed by atoms with Gasteiger partial charge in [0.05, 0.1) is 11.2 Å². The summed E-state index contributed by atoms with van der Waals surface area (Å²) in [5.41, 5.74) is 8.25. The van der Waals surface area contributed by atoms with Crippen molar-refractivity contribution in [3.05, 3.63) is 111 Å². The second-order valence-corrected chi connectivity index (χ2v) is 11.5. The van der Waals surface area contributed by atoms with E-state index in [1.165, 1.54) is 22.3 Å². The van der Waals surface area contributed by atoms with Gasteiger partial charge in [0.25, 0.3) is 0 Å². The molecule has 0 saturated carbocycles. The predicted octanol–water partition coefficient (Wildman–Crippen LogP) is 9.60. The molecule has 0 amide bonds. The van der Waals surface area contributed by atoms with E-state index in [1.807, 2.05) is 0 Å². The number of fused-ring (bicyclic) bond motifs is 5. The Labute approximate surface area is 217 Å². The van der Waals surface area contributed by atoms with Crippen molar-refractivity contribution in [3.63, 3.8) is 0 Å². The predicted molar refractivity (Wildman–Crippen MR) is 147 cm³/mol. The van der Waals surface area contributed by atoms with Crippen LogP contribution < -0.4 is 4.90 Å². The molecule has 1 saturated heterocycles. The van der Waals surface area contributed by atoms with E-state index < -0.39 is 0 Å². The zero-order chi connectivity index (χ0) is 23.5. The normalized spacial score (nSPS) is 22.6. The molecule has 6 rings (SSSR count). The molecule has 0 N–H and O–H groups in total. The summed E-state index contributed by atoms with van der Waals surface area (Å²) >= 11 is 7.12. The van der Waals surface area contributed by atoms with Gasteiger partial charge >= 0.3 is 0 Å². The lowest BCUT2D eigenvalue weighted by molar-refractivity contribution is -0.0662.